The molecule has 0 bridgehead atoms. The molecule has 1 aromatic carbocycles. The maximum atomic E-state index is 13.2. The minimum absolute atomic E-state index is 0.186. The molecule has 26 heavy (non-hydrogen) atoms. The number of hydrogen-bond acceptors (Lipinski definition) is 4. The van der Waals surface area contributed by atoms with Gasteiger partial charge in [0.15, 0.2) is 0 Å². The van der Waals surface area contributed by atoms with Gasteiger partial charge in [0.05, 0.1) is 17.7 Å². The standard InChI is InChI=1S/C20H21N3O3/c24-18(22-26)15-5-4-14-6-7-20(12-16(14)11-15)8-10-23(19(20)25)13-17-3-1-2-9-21-17/h1-5,9,11,26H,6-8,10,12-13H2,(H,22,24)/t20-/m0/s1. The van der Waals surface area contributed by atoms with Crippen molar-refractivity contribution in [2.45, 2.75) is 32.2 Å². The van der Waals surface area contributed by atoms with Gasteiger partial charge in [0.1, 0.15) is 0 Å². The van der Waals surface area contributed by atoms with E-state index in [0.29, 0.717) is 18.5 Å². The molecule has 2 amide bonds. The maximum absolute atomic E-state index is 13.2. The van der Waals surface area contributed by atoms with E-state index in [-0.39, 0.29) is 11.3 Å². The first-order valence-corrected chi connectivity index (χ1v) is 8.87. The summed E-state index contributed by atoms with van der Waals surface area (Å²) in [7, 11) is 0. The van der Waals surface area contributed by atoms with Crippen molar-refractivity contribution in [2.24, 2.45) is 5.41 Å². The van der Waals surface area contributed by atoms with Crippen LogP contribution in [0, 0.1) is 5.41 Å². The molecular weight excluding hydrogens is 330 g/mol. The van der Waals surface area contributed by atoms with Crippen LogP contribution in [0.1, 0.15) is 40.0 Å². The van der Waals surface area contributed by atoms with Gasteiger partial charge in [-0.2, -0.15) is 0 Å². The van der Waals surface area contributed by atoms with Crippen LogP contribution in [0.4, 0.5) is 0 Å². The third-order valence-electron chi connectivity index (χ3n) is 5.65. The van der Waals surface area contributed by atoms with Crippen LogP contribution in [0.15, 0.2) is 42.6 Å². The number of aromatic nitrogens is 1. The first-order valence-electron chi connectivity index (χ1n) is 8.87. The zero-order valence-corrected chi connectivity index (χ0v) is 14.4. The van der Waals surface area contributed by atoms with Crippen LogP contribution in [0.25, 0.3) is 0 Å². The third-order valence-corrected chi connectivity index (χ3v) is 5.65. The molecule has 2 N–H and O–H groups in total. The number of nitrogens with one attached hydrogen (secondary N) is 1. The Morgan fingerprint density at radius 2 is 2.12 bits per heavy atom. The lowest BCUT2D eigenvalue weighted by Gasteiger charge is -2.33. The van der Waals surface area contributed by atoms with Crippen molar-refractivity contribution < 1.29 is 14.8 Å². The van der Waals surface area contributed by atoms with Crippen molar-refractivity contribution in [2.75, 3.05) is 6.54 Å². The fraction of sp³-hybridized carbons (Fsp3) is 0.350. The Bertz CT molecular complexity index is 853. The van der Waals surface area contributed by atoms with Gasteiger partial charge in [-0.05, 0) is 61.1 Å². The van der Waals surface area contributed by atoms with Gasteiger partial charge < -0.3 is 4.90 Å². The highest BCUT2D eigenvalue weighted by atomic mass is 16.5. The van der Waals surface area contributed by atoms with Gasteiger partial charge in [-0.3, -0.25) is 19.8 Å². The van der Waals surface area contributed by atoms with E-state index in [0.717, 1.165) is 37.1 Å². The van der Waals surface area contributed by atoms with Crippen molar-refractivity contribution in [3.8, 4) is 0 Å². The van der Waals surface area contributed by atoms with E-state index in [1.807, 2.05) is 29.2 Å². The SMILES string of the molecule is O=C(NO)c1ccc2c(c1)C[C@]1(CC2)CCN(Cc2ccccn2)C1=O. The molecule has 2 aliphatic rings. The largest absolute Gasteiger partial charge is 0.336 e. The number of nitrogens with zero attached hydrogens (tertiary/aromatic N) is 2. The number of hydroxylamine groups is 1. The monoisotopic (exact) mass is 351 g/mol. The van der Waals surface area contributed by atoms with E-state index in [9.17, 15) is 9.59 Å². The highest BCUT2D eigenvalue weighted by Crippen LogP contribution is 2.44. The number of rotatable bonds is 3. The molecule has 1 aliphatic carbocycles. The van der Waals surface area contributed by atoms with Crippen molar-refractivity contribution in [3.05, 3.63) is 65.0 Å². The summed E-state index contributed by atoms with van der Waals surface area (Å²) in [4.78, 5) is 31.1. The van der Waals surface area contributed by atoms with Crippen LogP contribution >= 0.6 is 0 Å². The van der Waals surface area contributed by atoms with Crippen LogP contribution in [0.2, 0.25) is 0 Å². The number of aryl methyl sites for hydroxylation is 1. The van der Waals surface area contributed by atoms with Crippen LogP contribution in [0.5, 0.6) is 0 Å². The van der Waals surface area contributed by atoms with E-state index in [1.165, 1.54) is 5.56 Å². The Kier molecular flexibility index (Phi) is 4.20. The van der Waals surface area contributed by atoms with E-state index < -0.39 is 5.91 Å². The number of fused-ring (bicyclic) bond motifs is 1. The Hall–Kier alpha value is -2.73. The topological polar surface area (TPSA) is 82.5 Å². The van der Waals surface area contributed by atoms with Gasteiger partial charge in [0.2, 0.25) is 5.91 Å². The molecule has 1 saturated heterocycles. The van der Waals surface area contributed by atoms with Gasteiger partial charge in [-0.25, -0.2) is 5.48 Å². The molecule has 0 unspecified atom stereocenters. The molecule has 1 fully saturated rings. The Morgan fingerprint density at radius 1 is 1.23 bits per heavy atom. The molecule has 0 radical (unpaired) electrons. The fourth-order valence-electron chi connectivity index (χ4n) is 4.19. The van der Waals surface area contributed by atoms with Gasteiger partial charge in [-0.15, -0.1) is 0 Å². The third kappa shape index (κ3) is 2.86. The van der Waals surface area contributed by atoms with Gasteiger partial charge in [0, 0.05) is 18.3 Å². The number of carbonyl (C=O) groups excluding carboxylic acids is 2. The van der Waals surface area contributed by atoms with Gasteiger partial charge >= 0.3 is 0 Å². The summed E-state index contributed by atoms with van der Waals surface area (Å²) in [6, 6.07) is 11.2. The Balaban J connectivity index is 1.55. The molecule has 6 nitrogen and oxygen atoms in total. The van der Waals surface area contributed by atoms with Crippen LogP contribution in [-0.4, -0.2) is 33.5 Å². The second kappa shape index (κ2) is 6.53. The van der Waals surface area contributed by atoms with Gasteiger partial charge in [0.25, 0.3) is 5.91 Å². The lowest BCUT2D eigenvalue weighted by Crippen LogP contribution is -2.38. The molecule has 1 aromatic heterocycles. The van der Waals surface area contributed by atoms with E-state index in [2.05, 4.69) is 4.98 Å². The van der Waals surface area contributed by atoms with Crippen molar-refractivity contribution in [3.63, 3.8) is 0 Å². The lowest BCUT2D eigenvalue weighted by atomic mass is 9.70. The first kappa shape index (κ1) is 16.7. The van der Waals surface area contributed by atoms with Crippen LogP contribution in [-0.2, 0) is 24.2 Å². The molecule has 0 saturated carbocycles. The summed E-state index contributed by atoms with van der Waals surface area (Å²) in [5.41, 5.74) is 4.82. The van der Waals surface area contributed by atoms with Crippen LogP contribution < -0.4 is 5.48 Å². The van der Waals surface area contributed by atoms with E-state index in [1.54, 1.807) is 23.8 Å². The predicted molar refractivity (Wildman–Crippen MR) is 94.4 cm³/mol. The molecule has 2 heterocycles. The second-order valence-electron chi connectivity index (χ2n) is 7.18. The van der Waals surface area contributed by atoms with E-state index >= 15 is 0 Å². The summed E-state index contributed by atoms with van der Waals surface area (Å²) in [6.07, 6.45) is 4.89. The molecule has 1 atom stereocenters. The number of benzene rings is 1. The first-order chi connectivity index (χ1) is 12.6. The zero-order valence-electron chi connectivity index (χ0n) is 14.4. The quantitative estimate of drug-likeness (QED) is 0.655. The second-order valence-corrected chi connectivity index (χ2v) is 7.18. The zero-order chi connectivity index (χ0) is 18.1. The predicted octanol–water partition coefficient (Wildman–Crippen LogP) is 2.11. The molecule has 1 spiro atoms. The van der Waals surface area contributed by atoms with Crippen LogP contribution in [0.3, 0.4) is 0 Å². The highest BCUT2D eigenvalue weighted by molar-refractivity contribution is 5.93. The smallest absolute Gasteiger partial charge is 0.274 e. The summed E-state index contributed by atoms with van der Waals surface area (Å²) < 4.78 is 0. The van der Waals surface area contributed by atoms with Crippen molar-refractivity contribution in [1.82, 2.24) is 15.4 Å². The highest BCUT2D eigenvalue weighted by Gasteiger charge is 2.48. The number of amides is 2. The molecular formula is C20H21N3O3. The summed E-state index contributed by atoms with van der Waals surface area (Å²) in [5.74, 6) is -0.340. The summed E-state index contributed by atoms with van der Waals surface area (Å²) in [6.45, 7) is 1.28. The van der Waals surface area contributed by atoms with E-state index in [4.69, 9.17) is 5.21 Å². The Morgan fingerprint density at radius 3 is 2.88 bits per heavy atom. The average Bonchev–Trinajstić information content (AvgIpc) is 2.97. The molecule has 2 aromatic rings. The minimum atomic E-state index is -0.526. The number of hydrogen-bond donors (Lipinski definition) is 2. The molecule has 6 heteroatoms. The fourth-order valence-corrected chi connectivity index (χ4v) is 4.19. The summed E-state index contributed by atoms with van der Waals surface area (Å²) >= 11 is 0. The molecule has 134 valence electrons. The maximum Gasteiger partial charge on any atom is 0.274 e. The lowest BCUT2D eigenvalue weighted by molar-refractivity contribution is -0.137. The summed E-state index contributed by atoms with van der Waals surface area (Å²) in [5, 5.41) is 8.85. The molecule has 1 aliphatic heterocycles. The van der Waals surface area contributed by atoms with Gasteiger partial charge in [-0.1, -0.05) is 12.1 Å². The molecule has 4 rings (SSSR count). The number of carbonyl (C=O) groups is 2. The minimum Gasteiger partial charge on any atom is -0.336 e. The normalized spacial score (nSPS) is 21.7. The van der Waals surface area contributed by atoms with Crippen molar-refractivity contribution in [1.29, 1.82) is 0 Å². The Labute approximate surface area is 151 Å². The number of likely N-dealkylation sites (tertiary alicyclic amines) is 1. The van der Waals surface area contributed by atoms with Crippen molar-refractivity contribution >= 4 is 11.8 Å². The average molecular weight is 351 g/mol. The number of pyridine rings is 1.